The molecule has 0 fully saturated rings. The molecule has 1 aromatic rings. The maximum atomic E-state index is 11.5. The normalized spacial score (nSPS) is 10.9. The molecular weight excluding hydrogens is 270 g/mol. The Hall–Kier alpha value is -2.01. The first kappa shape index (κ1) is 17.0. The molecule has 1 N–H and O–H groups in total. The Morgan fingerprint density at radius 1 is 1.29 bits per heavy atom. The minimum atomic E-state index is -0.159. The molecule has 0 aliphatic carbocycles. The largest absolute Gasteiger partial charge is 0.493 e. The predicted octanol–water partition coefficient (Wildman–Crippen LogP) is 2.26. The Labute approximate surface area is 125 Å². The van der Waals surface area contributed by atoms with Crippen LogP contribution in [0.25, 0.3) is 6.08 Å². The van der Waals surface area contributed by atoms with Gasteiger partial charge in [0.1, 0.15) is 0 Å². The highest BCUT2D eigenvalue weighted by molar-refractivity contribution is 5.91. The van der Waals surface area contributed by atoms with Gasteiger partial charge in [-0.1, -0.05) is 6.07 Å². The Morgan fingerprint density at radius 3 is 2.67 bits per heavy atom. The van der Waals surface area contributed by atoms with Crippen LogP contribution in [0.3, 0.4) is 0 Å². The fourth-order valence-electron chi connectivity index (χ4n) is 1.65. The van der Waals surface area contributed by atoms with Gasteiger partial charge in [-0.05, 0) is 37.6 Å². The van der Waals surface area contributed by atoms with Gasteiger partial charge in [-0.2, -0.15) is 0 Å². The van der Waals surface area contributed by atoms with E-state index in [1.54, 1.807) is 20.3 Å². The zero-order valence-electron chi connectivity index (χ0n) is 13.0. The second-order valence-corrected chi connectivity index (χ2v) is 4.69. The Balaban J connectivity index is 2.69. The molecule has 0 atom stereocenters. The van der Waals surface area contributed by atoms with E-state index in [4.69, 9.17) is 14.2 Å². The number of carbonyl (C=O) groups excluding carboxylic acids is 1. The van der Waals surface area contributed by atoms with E-state index in [0.29, 0.717) is 24.7 Å². The van der Waals surface area contributed by atoms with Crippen molar-refractivity contribution < 1.29 is 19.0 Å². The summed E-state index contributed by atoms with van der Waals surface area (Å²) in [4.78, 5) is 11.5. The van der Waals surface area contributed by atoms with Gasteiger partial charge in [-0.3, -0.25) is 4.79 Å². The maximum absolute atomic E-state index is 11.5. The molecule has 0 radical (unpaired) electrons. The summed E-state index contributed by atoms with van der Waals surface area (Å²) in [6.45, 7) is 4.90. The Bertz CT molecular complexity index is 483. The maximum Gasteiger partial charge on any atom is 0.244 e. The quantitative estimate of drug-likeness (QED) is 0.590. The fourth-order valence-corrected chi connectivity index (χ4v) is 1.65. The minimum Gasteiger partial charge on any atom is -0.493 e. The molecule has 0 aliphatic rings. The number of amides is 1. The molecule has 0 aromatic heterocycles. The van der Waals surface area contributed by atoms with Crippen molar-refractivity contribution in [2.45, 2.75) is 20.0 Å². The first-order valence-electron chi connectivity index (χ1n) is 6.86. The van der Waals surface area contributed by atoms with E-state index in [2.05, 4.69) is 5.32 Å². The van der Waals surface area contributed by atoms with Crippen LogP contribution in [0.2, 0.25) is 0 Å². The van der Waals surface area contributed by atoms with Crippen molar-refractivity contribution in [2.24, 2.45) is 0 Å². The van der Waals surface area contributed by atoms with Crippen LogP contribution in [-0.4, -0.2) is 39.4 Å². The van der Waals surface area contributed by atoms with Crippen molar-refractivity contribution in [1.82, 2.24) is 5.32 Å². The monoisotopic (exact) mass is 293 g/mol. The van der Waals surface area contributed by atoms with Gasteiger partial charge >= 0.3 is 0 Å². The van der Waals surface area contributed by atoms with E-state index in [9.17, 15) is 4.79 Å². The SMILES string of the molecule is COCCNC(=O)C=Cc1ccc(OC(C)C)c(OC)c1. The molecule has 116 valence electrons. The topological polar surface area (TPSA) is 56.8 Å². The summed E-state index contributed by atoms with van der Waals surface area (Å²) in [5.41, 5.74) is 0.866. The predicted molar refractivity (Wildman–Crippen MR) is 82.7 cm³/mol. The van der Waals surface area contributed by atoms with Gasteiger partial charge in [0.15, 0.2) is 11.5 Å². The van der Waals surface area contributed by atoms with Crippen LogP contribution in [-0.2, 0) is 9.53 Å². The number of methoxy groups -OCH3 is 2. The van der Waals surface area contributed by atoms with Crippen molar-refractivity contribution in [3.05, 3.63) is 29.8 Å². The summed E-state index contributed by atoms with van der Waals surface area (Å²) in [7, 11) is 3.18. The molecule has 1 rings (SSSR count). The van der Waals surface area contributed by atoms with Gasteiger partial charge in [-0.15, -0.1) is 0 Å². The van der Waals surface area contributed by atoms with Gasteiger partial charge in [-0.25, -0.2) is 0 Å². The van der Waals surface area contributed by atoms with Crippen LogP contribution in [0, 0.1) is 0 Å². The van der Waals surface area contributed by atoms with Crippen molar-refractivity contribution in [3.63, 3.8) is 0 Å². The summed E-state index contributed by atoms with van der Waals surface area (Å²) in [5.74, 6) is 1.17. The lowest BCUT2D eigenvalue weighted by molar-refractivity contribution is -0.116. The summed E-state index contributed by atoms with van der Waals surface area (Å²) in [6, 6.07) is 5.54. The molecule has 0 aliphatic heterocycles. The molecule has 5 heteroatoms. The third-order valence-corrected chi connectivity index (χ3v) is 2.58. The van der Waals surface area contributed by atoms with Crippen LogP contribution in [0.15, 0.2) is 24.3 Å². The molecule has 0 heterocycles. The second-order valence-electron chi connectivity index (χ2n) is 4.69. The average Bonchev–Trinajstić information content (AvgIpc) is 2.46. The number of hydrogen-bond donors (Lipinski definition) is 1. The van der Waals surface area contributed by atoms with Crippen molar-refractivity contribution in [1.29, 1.82) is 0 Å². The van der Waals surface area contributed by atoms with E-state index >= 15 is 0 Å². The third kappa shape index (κ3) is 6.31. The van der Waals surface area contributed by atoms with Crippen molar-refractivity contribution >= 4 is 12.0 Å². The summed E-state index contributed by atoms with van der Waals surface area (Å²) < 4.78 is 15.8. The van der Waals surface area contributed by atoms with Gasteiger partial charge < -0.3 is 19.5 Å². The molecule has 0 saturated carbocycles. The van der Waals surface area contributed by atoms with Gasteiger partial charge in [0.05, 0.1) is 19.8 Å². The van der Waals surface area contributed by atoms with Gasteiger partial charge in [0, 0.05) is 19.7 Å². The van der Waals surface area contributed by atoms with E-state index in [-0.39, 0.29) is 12.0 Å². The molecule has 0 saturated heterocycles. The standard InChI is InChI=1S/C16H23NO4/c1-12(2)21-14-7-5-13(11-15(14)20-4)6-8-16(18)17-9-10-19-3/h5-8,11-12H,9-10H2,1-4H3,(H,17,18). The molecule has 21 heavy (non-hydrogen) atoms. The highest BCUT2D eigenvalue weighted by atomic mass is 16.5. The number of rotatable bonds is 8. The lowest BCUT2D eigenvalue weighted by atomic mass is 10.2. The zero-order valence-corrected chi connectivity index (χ0v) is 13.0. The molecule has 1 aromatic carbocycles. The molecular formula is C16H23NO4. The molecule has 0 unspecified atom stereocenters. The van der Waals surface area contributed by atoms with Crippen LogP contribution in [0.4, 0.5) is 0 Å². The minimum absolute atomic E-state index is 0.0758. The summed E-state index contributed by atoms with van der Waals surface area (Å²) >= 11 is 0. The molecule has 1 amide bonds. The summed E-state index contributed by atoms with van der Waals surface area (Å²) in [6.07, 6.45) is 3.28. The summed E-state index contributed by atoms with van der Waals surface area (Å²) in [5, 5.41) is 2.71. The second kappa shape index (κ2) is 9.02. The van der Waals surface area contributed by atoms with Crippen LogP contribution >= 0.6 is 0 Å². The first-order valence-corrected chi connectivity index (χ1v) is 6.86. The first-order chi connectivity index (χ1) is 10.1. The molecule has 0 spiro atoms. The third-order valence-electron chi connectivity index (χ3n) is 2.58. The van der Waals surface area contributed by atoms with Gasteiger partial charge in [0.2, 0.25) is 5.91 Å². The van der Waals surface area contributed by atoms with Gasteiger partial charge in [0.25, 0.3) is 0 Å². The van der Waals surface area contributed by atoms with E-state index in [0.717, 1.165) is 5.56 Å². The number of benzene rings is 1. The lowest BCUT2D eigenvalue weighted by Crippen LogP contribution is -2.24. The number of carbonyl (C=O) groups is 1. The fraction of sp³-hybridized carbons (Fsp3) is 0.438. The number of hydrogen-bond acceptors (Lipinski definition) is 4. The van der Waals surface area contributed by atoms with Crippen LogP contribution in [0.1, 0.15) is 19.4 Å². The van der Waals surface area contributed by atoms with E-state index in [1.165, 1.54) is 6.08 Å². The van der Waals surface area contributed by atoms with Crippen molar-refractivity contribution in [2.75, 3.05) is 27.4 Å². The van der Waals surface area contributed by atoms with Crippen LogP contribution in [0.5, 0.6) is 11.5 Å². The number of ether oxygens (including phenoxy) is 3. The Morgan fingerprint density at radius 2 is 2.05 bits per heavy atom. The van der Waals surface area contributed by atoms with E-state index in [1.807, 2.05) is 32.0 Å². The smallest absolute Gasteiger partial charge is 0.244 e. The number of nitrogens with one attached hydrogen (secondary N) is 1. The van der Waals surface area contributed by atoms with Crippen LogP contribution < -0.4 is 14.8 Å². The highest BCUT2D eigenvalue weighted by Crippen LogP contribution is 2.29. The zero-order chi connectivity index (χ0) is 15.7. The Kier molecular flexibility index (Phi) is 7.32. The van der Waals surface area contributed by atoms with Crippen molar-refractivity contribution in [3.8, 4) is 11.5 Å². The highest BCUT2D eigenvalue weighted by Gasteiger charge is 2.06. The molecule has 5 nitrogen and oxygen atoms in total. The molecule has 0 bridgehead atoms. The lowest BCUT2D eigenvalue weighted by Gasteiger charge is -2.13. The average molecular weight is 293 g/mol. The van der Waals surface area contributed by atoms with E-state index < -0.39 is 0 Å².